The summed E-state index contributed by atoms with van der Waals surface area (Å²) in [4.78, 5) is 7.22. The van der Waals surface area contributed by atoms with Gasteiger partial charge in [0, 0.05) is 25.7 Å². The maximum atomic E-state index is 8.49. The van der Waals surface area contributed by atoms with Gasteiger partial charge in [-0.15, -0.1) is 32.6 Å². The molecule has 9 heteroatoms. The second kappa shape index (κ2) is 21.4. The fourth-order valence-corrected chi connectivity index (χ4v) is 6.62. The van der Waals surface area contributed by atoms with Gasteiger partial charge >= 0.3 is 20.4 Å². The van der Waals surface area contributed by atoms with Crippen LogP contribution in [-0.4, -0.2) is 30.9 Å². The molecule has 0 aliphatic carbocycles. The fourth-order valence-electron chi connectivity index (χ4n) is 4.88. The first-order valence-electron chi connectivity index (χ1n) is 15.8. The van der Waals surface area contributed by atoms with Crippen molar-refractivity contribution in [2.45, 2.75) is 13.0 Å². The summed E-state index contributed by atoms with van der Waals surface area (Å²) in [6, 6.07) is 57.7. The van der Waals surface area contributed by atoms with E-state index in [2.05, 4.69) is 141 Å². The number of para-hydroxylation sites is 1. The minimum Gasteiger partial charge on any atom is -0.305 e. The summed E-state index contributed by atoms with van der Waals surface area (Å²) in [6.07, 6.45) is 0.804. The molecule has 0 bridgehead atoms. The molecule has 0 aliphatic rings. The molecule has 2 atom stereocenters. The van der Waals surface area contributed by atoms with Crippen molar-refractivity contribution in [2.75, 3.05) is 20.3 Å². The van der Waals surface area contributed by atoms with Gasteiger partial charge < -0.3 is 4.90 Å². The van der Waals surface area contributed by atoms with E-state index in [1.54, 1.807) is 0 Å². The SMILES string of the molecule is C(#C[P@@](CC(=Nc1ccccc1)c1ccccc1)c1ccccc1)c1ccccc1.C[C@@H](c1[c-]ccc2ccccc12)N(C)C.[O-][Cl+3]([O-])([O-])[O-].[Pd+2]. The molecule has 6 nitrogen and oxygen atoms in total. The van der Waals surface area contributed by atoms with Gasteiger partial charge in [0.15, 0.2) is 0 Å². The second-order valence-corrected chi connectivity index (χ2v) is 13.9. The topological polar surface area (TPSA) is 108 Å². The molecule has 0 fully saturated rings. The molecule has 262 valence electrons. The molecule has 6 aromatic rings. The average molecular weight is 808 g/mol. The normalized spacial score (nSPS) is 12.1. The third kappa shape index (κ3) is 14.6. The van der Waals surface area contributed by atoms with E-state index in [4.69, 9.17) is 23.6 Å². The summed E-state index contributed by atoms with van der Waals surface area (Å²) in [6.45, 7) is 2.21. The van der Waals surface area contributed by atoms with E-state index >= 15 is 0 Å². The predicted molar refractivity (Wildman–Crippen MR) is 195 cm³/mol. The number of rotatable bonds is 7. The van der Waals surface area contributed by atoms with Crippen molar-refractivity contribution in [3.05, 3.63) is 180 Å². The van der Waals surface area contributed by atoms with Gasteiger partial charge in [-0.3, -0.25) is 4.99 Å². The first kappa shape index (κ1) is 41.4. The van der Waals surface area contributed by atoms with Crippen LogP contribution in [0.25, 0.3) is 10.8 Å². The van der Waals surface area contributed by atoms with E-state index in [0.29, 0.717) is 6.04 Å². The van der Waals surface area contributed by atoms with Crippen LogP contribution >= 0.6 is 7.92 Å². The molecule has 0 unspecified atom stereocenters. The number of aliphatic imine (C=N–C) groups is 1. The minimum atomic E-state index is -4.94. The van der Waals surface area contributed by atoms with Crippen molar-refractivity contribution in [2.24, 2.45) is 4.99 Å². The van der Waals surface area contributed by atoms with Crippen LogP contribution in [0.2, 0.25) is 0 Å². The van der Waals surface area contributed by atoms with E-state index in [9.17, 15) is 0 Å². The number of fused-ring (bicyclic) bond motifs is 1. The van der Waals surface area contributed by atoms with Crippen LogP contribution in [0.4, 0.5) is 5.69 Å². The van der Waals surface area contributed by atoms with Crippen LogP contribution < -0.4 is 23.9 Å². The Kier molecular flexibility index (Phi) is 17.4. The van der Waals surface area contributed by atoms with Gasteiger partial charge in [-0.25, -0.2) is 18.6 Å². The van der Waals surface area contributed by atoms with Crippen molar-refractivity contribution in [1.82, 2.24) is 4.90 Å². The van der Waals surface area contributed by atoms with Crippen LogP contribution in [0, 0.1) is 27.9 Å². The van der Waals surface area contributed by atoms with Gasteiger partial charge in [0.2, 0.25) is 0 Å². The van der Waals surface area contributed by atoms with Crippen molar-refractivity contribution in [1.29, 1.82) is 0 Å². The molecule has 6 rings (SSSR count). The molecule has 0 N–H and O–H groups in total. The second-order valence-electron chi connectivity index (χ2n) is 11.3. The van der Waals surface area contributed by atoms with Crippen LogP contribution in [-0.2, 0) is 20.4 Å². The standard InChI is InChI=1S/C28H22NP.C14H16N.ClHO4.Pd/c1-5-13-24(14-6-1)21-22-30(27-19-11-4-12-20-27)23-28(25-15-7-2-8-16-25)29-26-17-9-3-10-18-26;1-11(15(2)3)13-10-6-8-12-7-4-5-9-14(12)13;2-1(3,4)5;/h1-20H,23H2;4-9,11H,1-3H3;(H,2,3,4,5);/q;-1;;+2/p-1/t30-;11-;;/m00../s1. The Balaban J connectivity index is 0.000000279. The fraction of sp³-hybridized carbons (Fsp3) is 0.119. The molecule has 0 heterocycles. The third-order valence-corrected chi connectivity index (χ3v) is 9.48. The monoisotopic (exact) mass is 806 g/mol. The zero-order chi connectivity index (χ0) is 35.8. The first-order valence-corrected chi connectivity index (χ1v) is 18.6. The van der Waals surface area contributed by atoms with Crippen molar-refractivity contribution >= 4 is 35.4 Å². The molecule has 51 heavy (non-hydrogen) atoms. The number of benzene rings is 6. The predicted octanol–water partition coefficient (Wildman–Crippen LogP) is 5.13. The Labute approximate surface area is 318 Å². The zero-order valence-electron chi connectivity index (χ0n) is 28.5. The summed E-state index contributed by atoms with van der Waals surface area (Å²) < 4.78 is 34.0. The van der Waals surface area contributed by atoms with E-state index < -0.39 is 18.2 Å². The van der Waals surface area contributed by atoms with Crippen LogP contribution in [0.5, 0.6) is 0 Å². The Morgan fingerprint density at radius 3 is 1.82 bits per heavy atom. The minimum absolute atomic E-state index is 0. The first-order chi connectivity index (χ1) is 24.1. The Morgan fingerprint density at radius 1 is 0.725 bits per heavy atom. The number of hydrogen-bond acceptors (Lipinski definition) is 6. The summed E-state index contributed by atoms with van der Waals surface area (Å²) in [5.41, 5.74) is 9.07. The maximum Gasteiger partial charge on any atom is 2.00 e. The van der Waals surface area contributed by atoms with Crippen molar-refractivity contribution < 1.29 is 49.3 Å². The van der Waals surface area contributed by atoms with Crippen LogP contribution in [0.3, 0.4) is 0 Å². The largest absolute Gasteiger partial charge is 2.00 e. The van der Waals surface area contributed by atoms with E-state index in [-0.39, 0.29) is 20.4 Å². The molecule has 0 radical (unpaired) electrons. The van der Waals surface area contributed by atoms with Gasteiger partial charge in [0.05, 0.1) is 11.4 Å². The summed E-state index contributed by atoms with van der Waals surface area (Å²) >= 11 is 0. The van der Waals surface area contributed by atoms with Gasteiger partial charge in [-0.05, 0) is 56.2 Å². The molecule has 6 aromatic carbocycles. The molecule has 0 aromatic heterocycles. The Morgan fingerprint density at radius 2 is 1.24 bits per heavy atom. The Hall–Kier alpha value is -4.01. The molecular formula is C42H38ClN2O4PPd. The summed E-state index contributed by atoms with van der Waals surface area (Å²) in [5.74, 6) is 3.39. The van der Waals surface area contributed by atoms with Crippen LogP contribution in [0.15, 0.2) is 163 Å². The third-order valence-electron chi connectivity index (χ3n) is 7.56. The van der Waals surface area contributed by atoms with Crippen molar-refractivity contribution in [3.63, 3.8) is 0 Å². The number of nitrogens with zero attached hydrogens (tertiary/aromatic N) is 2. The zero-order valence-corrected chi connectivity index (χ0v) is 31.7. The summed E-state index contributed by atoms with van der Waals surface area (Å²) in [7, 11) is -1.48. The van der Waals surface area contributed by atoms with Crippen LogP contribution in [0.1, 0.15) is 29.7 Å². The molecular weight excluding hydrogens is 769 g/mol. The molecule has 0 amide bonds. The van der Waals surface area contributed by atoms with Crippen molar-refractivity contribution in [3.8, 4) is 11.6 Å². The summed E-state index contributed by atoms with van der Waals surface area (Å²) in [5, 5.41) is 3.87. The van der Waals surface area contributed by atoms with E-state index in [1.165, 1.54) is 21.6 Å². The average Bonchev–Trinajstić information content (AvgIpc) is 3.13. The number of hydrogen-bond donors (Lipinski definition) is 0. The van der Waals surface area contributed by atoms with Gasteiger partial charge in [0.1, 0.15) is 0 Å². The molecule has 0 saturated carbocycles. The van der Waals surface area contributed by atoms with Gasteiger partial charge in [0.25, 0.3) is 0 Å². The maximum absolute atomic E-state index is 8.49. The molecule has 0 aliphatic heterocycles. The van der Waals surface area contributed by atoms with Gasteiger partial charge in [-0.1, -0.05) is 127 Å². The molecule has 0 spiro atoms. The van der Waals surface area contributed by atoms with E-state index in [1.807, 2.05) is 60.7 Å². The smallest absolute Gasteiger partial charge is 0.305 e. The van der Waals surface area contributed by atoms with E-state index in [0.717, 1.165) is 28.7 Å². The quantitative estimate of drug-likeness (QED) is 0.0732. The molecule has 0 saturated heterocycles. The number of halogens is 1. The Bertz CT molecular complexity index is 1970. The van der Waals surface area contributed by atoms with Gasteiger partial charge in [-0.2, -0.15) is 18.2 Å².